The zero-order valence-electron chi connectivity index (χ0n) is 18.5. The molecule has 0 spiro atoms. The first kappa shape index (κ1) is 23.3. The molecule has 0 amide bonds. The predicted molar refractivity (Wildman–Crippen MR) is 121 cm³/mol. The van der Waals surface area contributed by atoms with Gasteiger partial charge in [-0.3, -0.25) is 14.4 Å². The molecule has 2 aromatic carbocycles. The van der Waals surface area contributed by atoms with Crippen LogP contribution in [-0.2, 0) is 22.6 Å². The summed E-state index contributed by atoms with van der Waals surface area (Å²) in [6.07, 6.45) is -4.43. The number of esters is 1. The highest BCUT2D eigenvalue weighted by Crippen LogP contribution is 2.24. The number of carbonyl (C=O) groups excluding carboxylic acids is 2. The van der Waals surface area contributed by atoms with Gasteiger partial charge in [-0.05, 0) is 44.2 Å². The van der Waals surface area contributed by atoms with Crippen molar-refractivity contribution in [2.45, 2.75) is 33.1 Å². The fraction of sp³-hybridized carbons (Fsp3) is 0.240. The number of hydrogen-bond donors (Lipinski definition) is 0. The number of benzene rings is 2. The molecule has 9 heteroatoms. The largest absolute Gasteiger partial charge is 0.456 e. The summed E-state index contributed by atoms with van der Waals surface area (Å²) >= 11 is 0. The minimum atomic E-state index is -4.43. The summed E-state index contributed by atoms with van der Waals surface area (Å²) in [6, 6.07) is 15.1. The average Bonchev–Trinajstić information content (AvgIpc) is 3.07. The zero-order chi connectivity index (χ0) is 24.6. The number of aryl methyl sites for hydroxylation is 1. The van der Waals surface area contributed by atoms with Gasteiger partial charge in [-0.1, -0.05) is 24.3 Å². The summed E-state index contributed by atoms with van der Waals surface area (Å²) in [6.45, 7) is 0.845. The number of aromatic nitrogens is 2. The SMILES string of the molecule is Cc1cc(C(=O)COC(=O)Cn2c3ccccc3c(=O)c3ccccc32)c(C)n1CC(F)(F)F. The van der Waals surface area contributed by atoms with Crippen LogP contribution >= 0.6 is 0 Å². The first-order valence-electron chi connectivity index (χ1n) is 10.5. The fourth-order valence-electron chi connectivity index (χ4n) is 4.15. The lowest BCUT2D eigenvalue weighted by Crippen LogP contribution is -2.22. The van der Waals surface area contributed by atoms with E-state index in [9.17, 15) is 27.6 Å². The number of fused-ring (bicyclic) bond motifs is 2. The van der Waals surface area contributed by atoms with Crippen LogP contribution in [0.3, 0.4) is 0 Å². The summed E-state index contributed by atoms with van der Waals surface area (Å²) < 4.78 is 46.3. The van der Waals surface area contributed by atoms with Crippen LogP contribution in [0.1, 0.15) is 21.7 Å². The lowest BCUT2D eigenvalue weighted by atomic mass is 10.1. The maximum absolute atomic E-state index is 12.8. The third kappa shape index (κ3) is 4.46. The molecule has 176 valence electrons. The van der Waals surface area contributed by atoms with Gasteiger partial charge < -0.3 is 13.9 Å². The highest BCUT2D eigenvalue weighted by atomic mass is 19.4. The second kappa shape index (κ2) is 8.81. The Kier molecular flexibility index (Phi) is 6.03. The highest BCUT2D eigenvalue weighted by Gasteiger charge is 2.30. The van der Waals surface area contributed by atoms with Crippen molar-refractivity contribution in [3.63, 3.8) is 0 Å². The Hall–Kier alpha value is -3.88. The van der Waals surface area contributed by atoms with Crippen molar-refractivity contribution in [1.29, 1.82) is 0 Å². The van der Waals surface area contributed by atoms with E-state index >= 15 is 0 Å². The van der Waals surface area contributed by atoms with Gasteiger partial charge in [0, 0.05) is 27.7 Å². The number of ketones is 1. The van der Waals surface area contributed by atoms with E-state index in [-0.39, 0.29) is 28.9 Å². The quantitative estimate of drug-likeness (QED) is 0.235. The Balaban J connectivity index is 1.56. The van der Waals surface area contributed by atoms with Crippen molar-refractivity contribution in [3.05, 3.63) is 81.8 Å². The lowest BCUT2D eigenvalue weighted by molar-refractivity contribution is -0.143. The van der Waals surface area contributed by atoms with Gasteiger partial charge in [-0.25, -0.2) is 0 Å². The average molecular weight is 470 g/mol. The Morgan fingerprint density at radius 1 is 0.912 bits per heavy atom. The molecular formula is C25H21F3N2O4. The summed E-state index contributed by atoms with van der Waals surface area (Å²) in [5.74, 6) is -1.30. The van der Waals surface area contributed by atoms with Crippen LogP contribution in [0, 0.1) is 13.8 Å². The molecule has 0 N–H and O–H groups in total. The number of Topliss-reactive ketones (excluding diaryl/α,β-unsaturated/α-hetero) is 1. The molecule has 0 unspecified atom stereocenters. The van der Waals surface area contributed by atoms with Crippen molar-refractivity contribution < 1.29 is 27.5 Å². The molecule has 0 saturated heterocycles. The fourth-order valence-corrected chi connectivity index (χ4v) is 4.15. The second-order valence-corrected chi connectivity index (χ2v) is 8.02. The van der Waals surface area contributed by atoms with Gasteiger partial charge in [0.25, 0.3) is 0 Å². The second-order valence-electron chi connectivity index (χ2n) is 8.02. The van der Waals surface area contributed by atoms with E-state index in [4.69, 9.17) is 4.74 Å². The van der Waals surface area contributed by atoms with Crippen LogP contribution in [0.4, 0.5) is 13.2 Å². The van der Waals surface area contributed by atoms with Gasteiger partial charge in [0.1, 0.15) is 13.1 Å². The predicted octanol–water partition coefficient (Wildman–Crippen LogP) is 4.56. The maximum atomic E-state index is 12.8. The molecule has 0 aliphatic rings. The molecule has 0 fully saturated rings. The number of para-hydroxylation sites is 2. The lowest BCUT2D eigenvalue weighted by Gasteiger charge is -2.14. The first-order chi connectivity index (χ1) is 16.1. The summed E-state index contributed by atoms with van der Waals surface area (Å²) in [4.78, 5) is 38.0. The minimum absolute atomic E-state index is 0.0776. The molecule has 0 aliphatic heterocycles. The summed E-state index contributed by atoms with van der Waals surface area (Å²) in [5.41, 5.74) is 1.47. The van der Waals surface area contributed by atoms with Gasteiger partial charge in [0.15, 0.2) is 12.0 Å². The monoisotopic (exact) mass is 470 g/mol. The topological polar surface area (TPSA) is 70.3 Å². The molecule has 2 aromatic heterocycles. The molecule has 0 radical (unpaired) electrons. The third-order valence-electron chi connectivity index (χ3n) is 5.74. The van der Waals surface area contributed by atoms with Crippen molar-refractivity contribution in [1.82, 2.24) is 9.13 Å². The van der Waals surface area contributed by atoms with E-state index < -0.39 is 31.1 Å². The van der Waals surface area contributed by atoms with Crippen LogP contribution in [0.25, 0.3) is 21.8 Å². The number of halogens is 3. The van der Waals surface area contributed by atoms with Crippen molar-refractivity contribution in [2.75, 3.05) is 6.61 Å². The van der Waals surface area contributed by atoms with E-state index in [0.29, 0.717) is 21.8 Å². The Bertz CT molecular complexity index is 1420. The molecule has 4 aromatic rings. The zero-order valence-corrected chi connectivity index (χ0v) is 18.5. The number of carbonyl (C=O) groups is 2. The molecule has 0 bridgehead atoms. The normalized spacial score (nSPS) is 11.8. The molecule has 0 aliphatic carbocycles. The van der Waals surface area contributed by atoms with E-state index in [1.807, 2.05) is 0 Å². The number of ether oxygens (including phenoxy) is 1. The number of pyridine rings is 1. The van der Waals surface area contributed by atoms with E-state index in [1.165, 1.54) is 19.9 Å². The van der Waals surface area contributed by atoms with Crippen LogP contribution in [-0.4, -0.2) is 33.7 Å². The summed E-state index contributed by atoms with van der Waals surface area (Å²) in [5, 5.41) is 0.893. The molecule has 0 atom stereocenters. The smallest absolute Gasteiger partial charge is 0.406 e. The third-order valence-corrected chi connectivity index (χ3v) is 5.74. The molecule has 6 nitrogen and oxygen atoms in total. The molecule has 34 heavy (non-hydrogen) atoms. The van der Waals surface area contributed by atoms with Crippen LogP contribution in [0.2, 0.25) is 0 Å². The molecule has 2 heterocycles. The first-order valence-corrected chi connectivity index (χ1v) is 10.5. The van der Waals surface area contributed by atoms with Crippen LogP contribution < -0.4 is 5.43 Å². The Morgan fingerprint density at radius 3 is 2.03 bits per heavy atom. The van der Waals surface area contributed by atoms with Crippen molar-refractivity contribution in [2.24, 2.45) is 0 Å². The maximum Gasteiger partial charge on any atom is 0.406 e. The van der Waals surface area contributed by atoms with Gasteiger partial charge in [0.2, 0.25) is 5.78 Å². The number of alkyl halides is 3. The van der Waals surface area contributed by atoms with Gasteiger partial charge in [-0.2, -0.15) is 13.2 Å². The molecule has 0 saturated carbocycles. The number of rotatable bonds is 6. The highest BCUT2D eigenvalue weighted by molar-refractivity contribution is 5.99. The van der Waals surface area contributed by atoms with Crippen molar-refractivity contribution in [3.8, 4) is 0 Å². The van der Waals surface area contributed by atoms with Crippen LogP contribution in [0.15, 0.2) is 59.4 Å². The Morgan fingerprint density at radius 2 is 1.47 bits per heavy atom. The van der Waals surface area contributed by atoms with E-state index in [2.05, 4.69) is 0 Å². The number of nitrogens with zero attached hydrogens (tertiary/aromatic N) is 2. The van der Waals surface area contributed by atoms with Gasteiger partial charge in [-0.15, -0.1) is 0 Å². The standard InChI is InChI=1S/C25H21F3N2O4/c1-15-11-19(16(2)30(15)14-25(26,27)28)22(31)13-34-23(32)12-29-20-9-5-3-7-17(20)24(33)18-8-4-6-10-21(18)29/h3-11H,12-14H2,1-2H3. The molecule has 4 rings (SSSR count). The molecular weight excluding hydrogens is 449 g/mol. The van der Waals surface area contributed by atoms with Crippen molar-refractivity contribution >= 4 is 33.6 Å². The van der Waals surface area contributed by atoms with Gasteiger partial charge in [0.05, 0.1) is 11.0 Å². The Labute approximate surface area is 192 Å². The van der Waals surface area contributed by atoms with Crippen LogP contribution in [0.5, 0.6) is 0 Å². The minimum Gasteiger partial charge on any atom is -0.456 e. The van der Waals surface area contributed by atoms with Gasteiger partial charge >= 0.3 is 12.1 Å². The number of hydrogen-bond acceptors (Lipinski definition) is 4. The van der Waals surface area contributed by atoms with E-state index in [1.54, 1.807) is 53.1 Å². The van der Waals surface area contributed by atoms with E-state index in [0.717, 1.165) is 4.57 Å². The summed E-state index contributed by atoms with van der Waals surface area (Å²) in [7, 11) is 0.